The van der Waals surface area contributed by atoms with Gasteiger partial charge in [-0.05, 0) is 53.2 Å². The molecule has 0 spiro atoms. The van der Waals surface area contributed by atoms with E-state index >= 15 is 0 Å². The van der Waals surface area contributed by atoms with Crippen LogP contribution < -0.4 is 10.5 Å². The number of aryl methyl sites for hydroxylation is 1. The van der Waals surface area contributed by atoms with Gasteiger partial charge in [-0.15, -0.1) is 0 Å². The van der Waals surface area contributed by atoms with Gasteiger partial charge in [0.05, 0.1) is 4.90 Å². The van der Waals surface area contributed by atoms with Crippen LogP contribution in [0.4, 0.5) is 0 Å². The molecule has 18 heavy (non-hydrogen) atoms. The topological polar surface area (TPSA) is 72.2 Å². The first-order valence-corrected chi connectivity index (χ1v) is 8.21. The van der Waals surface area contributed by atoms with Crippen LogP contribution in [-0.4, -0.2) is 21.0 Å². The maximum absolute atomic E-state index is 12.3. The Morgan fingerprint density at radius 3 is 2.72 bits per heavy atom. The molecule has 2 rings (SSSR count). The van der Waals surface area contributed by atoms with E-state index in [1.54, 1.807) is 12.1 Å². The molecule has 1 aliphatic carbocycles. The highest BCUT2D eigenvalue weighted by atomic mass is 79.9. The highest BCUT2D eigenvalue weighted by molar-refractivity contribution is 9.10. The Labute approximate surface area is 116 Å². The minimum Gasteiger partial charge on any atom is -0.329 e. The lowest BCUT2D eigenvalue weighted by molar-refractivity contribution is 0.519. The Morgan fingerprint density at radius 1 is 1.50 bits per heavy atom. The van der Waals surface area contributed by atoms with Crippen molar-refractivity contribution < 1.29 is 8.42 Å². The number of rotatable bonds is 5. The molecular formula is C12H17BrN2O2S. The van der Waals surface area contributed by atoms with Gasteiger partial charge in [-0.2, -0.15) is 0 Å². The van der Waals surface area contributed by atoms with Crippen LogP contribution in [0, 0.1) is 12.8 Å². The highest BCUT2D eigenvalue weighted by Gasteiger charge is 2.33. The first-order valence-electron chi connectivity index (χ1n) is 5.93. The summed E-state index contributed by atoms with van der Waals surface area (Å²) in [5, 5.41) is 0. The zero-order valence-corrected chi connectivity index (χ0v) is 12.6. The van der Waals surface area contributed by atoms with E-state index in [1.807, 2.05) is 13.0 Å². The smallest absolute Gasteiger partial charge is 0.242 e. The summed E-state index contributed by atoms with van der Waals surface area (Å²) in [6.07, 6.45) is 2.11. The third-order valence-corrected chi connectivity index (χ3v) is 6.04. The molecule has 0 amide bonds. The SMILES string of the molecule is Cc1cccc(S(=O)(=O)N[C@H](CN)C2CC2)c1Br. The Morgan fingerprint density at radius 2 is 2.17 bits per heavy atom. The van der Waals surface area contributed by atoms with Crippen LogP contribution in [0.25, 0.3) is 0 Å². The van der Waals surface area contributed by atoms with Crippen molar-refractivity contribution in [3.05, 3.63) is 28.2 Å². The molecule has 4 nitrogen and oxygen atoms in total. The van der Waals surface area contributed by atoms with Crippen molar-refractivity contribution in [1.29, 1.82) is 0 Å². The van der Waals surface area contributed by atoms with Crippen molar-refractivity contribution in [2.75, 3.05) is 6.54 Å². The van der Waals surface area contributed by atoms with Gasteiger partial charge in [0.15, 0.2) is 0 Å². The maximum Gasteiger partial charge on any atom is 0.242 e. The van der Waals surface area contributed by atoms with Gasteiger partial charge >= 0.3 is 0 Å². The van der Waals surface area contributed by atoms with E-state index in [2.05, 4.69) is 20.7 Å². The zero-order chi connectivity index (χ0) is 13.3. The van der Waals surface area contributed by atoms with Crippen LogP contribution in [-0.2, 0) is 10.0 Å². The Balaban J connectivity index is 2.27. The van der Waals surface area contributed by atoms with E-state index in [-0.39, 0.29) is 10.9 Å². The molecule has 1 aromatic carbocycles. The third kappa shape index (κ3) is 2.93. The summed E-state index contributed by atoms with van der Waals surface area (Å²) >= 11 is 3.33. The van der Waals surface area contributed by atoms with Crippen LogP contribution in [0.2, 0.25) is 0 Å². The lowest BCUT2D eigenvalue weighted by Gasteiger charge is -2.17. The van der Waals surface area contributed by atoms with E-state index in [0.717, 1.165) is 18.4 Å². The summed E-state index contributed by atoms with van der Waals surface area (Å²) in [6, 6.07) is 5.05. The second kappa shape index (κ2) is 5.28. The summed E-state index contributed by atoms with van der Waals surface area (Å²) in [4.78, 5) is 0.279. The summed E-state index contributed by atoms with van der Waals surface area (Å²) in [5.41, 5.74) is 6.53. The average Bonchev–Trinajstić information content (AvgIpc) is 3.13. The third-order valence-electron chi connectivity index (χ3n) is 3.20. The zero-order valence-electron chi connectivity index (χ0n) is 10.2. The highest BCUT2D eigenvalue weighted by Crippen LogP contribution is 2.33. The second-order valence-corrected chi connectivity index (χ2v) is 7.16. The van der Waals surface area contributed by atoms with E-state index in [9.17, 15) is 8.42 Å². The summed E-state index contributed by atoms with van der Waals surface area (Å²) in [7, 11) is -3.51. The summed E-state index contributed by atoms with van der Waals surface area (Å²) in [5.74, 6) is 0.397. The van der Waals surface area contributed by atoms with E-state index in [1.165, 1.54) is 0 Å². The molecule has 100 valence electrons. The molecule has 1 fully saturated rings. The Kier molecular flexibility index (Phi) is 4.11. The van der Waals surface area contributed by atoms with Crippen molar-refractivity contribution in [2.24, 2.45) is 11.7 Å². The predicted molar refractivity (Wildman–Crippen MR) is 74.8 cm³/mol. The molecule has 0 unspecified atom stereocenters. The van der Waals surface area contributed by atoms with Crippen LogP contribution >= 0.6 is 15.9 Å². The molecule has 1 atom stereocenters. The standard InChI is InChI=1S/C12H17BrN2O2S/c1-8-3-2-4-11(12(8)13)18(16,17)15-10(7-14)9-5-6-9/h2-4,9-10,15H,5-7,14H2,1H3/t10-/m1/s1. The number of benzene rings is 1. The first-order chi connectivity index (χ1) is 8.45. The Bertz CT molecular complexity index is 541. The molecule has 0 aliphatic heterocycles. The van der Waals surface area contributed by atoms with Gasteiger partial charge in [0.2, 0.25) is 10.0 Å². The van der Waals surface area contributed by atoms with Crippen LogP contribution in [0.5, 0.6) is 0 Å². The number of sulfonamides is 1. The molecule has 1 aromatic rings. The maximum atomic E-state index is 12.3. The number of hydrogen-bond acceptors (Lipinski definition) is 3. The number of nitrogens with two attached hydrogens (primary N) is 1. The molecular weight excluding hydrogens is 316 g/mol. The predicted octanol–water partition coefficient (Wildman–Crippen LogP) is 1.77. The van der Waals surface area contributed by atoms with E-state index in [4.69, 9.17) is 5.73 Å². The first kappa shape index (κ1) is 14.0. The molecule has 1 aliphatic rings. The van der Waals surface area contributed by atoms with Gasteiger partial charge in [0.1, 0.15) is 0 Å². The van der Waals surface area contributed by atoms with Gasteiger partial charge in [0.25, 0.3) is 0 Å². The van der Waals surface area contributed by atoms with Crippen molar-refractivity contribution in [2.45, 2.75) is 30.7 Å². The minimum absolute atomic E-state index is 0.151. The minimum atomic E-state index is -3.51. The normalized spacial score (nSPS) is 17.7. The number of halogens is 1. The van der Waals surface area contributed by atoms with Crippen molar-refractivity contribution >= 4 is 26.0 Å². The number of nitrogens with one attached hydrogen (secondary N) is 1. The molecule has 0 bridgehead atoms. The van der Waals surface area contributed by atoms with Crippen molar-refractivity contribution in [3.63, 3.8) is 0 Å². The van der Waals surface area contributed by atoms with Gasteiger partial charge in [-0.25, -0.2) is 13.1 Å². The van der Waals surface area contributed by atoms with Gasteiger partial charge in [-0.3, -0.25) is 0 Å². The number of hydrogen-bond donors (Lipinski definition) is 2. The van der Waals surface area contributed by atoms with Crippen LogP contribution in [0.15, 0.2) is 27.6 Å². The van der Waals surface area contributed by atoms with E-state index in [0.29, 0.717) is 16.9 Å². The quantitative estimate of drug-likeness (QED) is 0.863. The molecule has 0 heterocycles. The molecule has 6 heteroatoms. The van der Waals surface area contributed by atoms with Gasteiger partial charge in [-0.1, -0.05) is 12.1 Å². The average molecular weight is 333 g/mol. The molecule has 3 N–H and O–H groups in total. The van der Waals surface area contributed by atoms with Gasteiger partial charge < -0.3 is 5.73 Å². The largest absolute Gasteiger partial charge is 0.329 e. The second-order valence-electron chi connectivity index (χ2n) is 4.69. The molecule has 0 saturated heterocycles. The monoisotopic (exact) mass is 332 g/mol. The molecule has 0 aromatic heterocycles. The van der Waals surface area contributed by atoms with Crippen molar-refractivity contribution in [3.8, 4) is 0 Å². The Hall–Kier alpha value is -0.430. The fourth-order valence-electron chi connectivity index (χ4n) is 1.93. The lowest BCUT2D eigenvalue weighted by atomic mass is 10.2. The van der Waals surface area contributed by atoms with Gasteiger partial charge in [0, 0.05) is 17.1 Å². The summed E-state index contributed by atoms with van der Waals surface area (Å²) in [6.45, 7) is 2.21. The fourth-order valence-corrected chi connectivity index (χ4v) is 4.30. The summed E-state index contributed by atoms with van der Waals surface area (Å²) < 4.78 is 27.9. The molecule has 0 radical (unpaired) electrons. The lowest BCUT2D eigenvalue weighted by Crippen LogP contribution is -2.41. The molecule has 1 saturated carbocycles. The fraction of sp³-hybridized carbons (Fsp3) is 0.500. The van der Waals surface area contributed by atoms with E-state index < -0.39 is 10.0 Å². The van der Waals surface area contributed by atoms with Crippen LogP contribution in [0.3, 0.4) is 0 Å². The van der Waals surface area contributed by atoms with Crippen molar-refractivity contribution in [1.82, 2.24) is 4.72 Å². The van der Waals surface area contributed by atoms with Crippen LogP contribution in [0.1, 0.15) is 18.4 Å².